The number of morpholine rings is 1. The van der Waals surface area contributed by atoms with Crippen LogP contribution >= 0.6 is 0 Å². The molecule has 2 aliphatic heterocycles. The van der Waals surface area contributed by atoms with Crippen molar-refractivity contribution in [2.75, 3.05) is 32.9 Å². The summed E-state index contributed by atoms with van der Waals surface area (Å²) in [5.74, 6) is 0. The molecule has 19 heavy (non-hydrogen) atoms. The van der Waals surface area contributed by atoms with Gasteiger partial charge < -0.3 is 9.47 Å². The van der Waals surface area contributed by atoms with E-state index in [0.29, 0.717) is 12.1 Å². The van der Waals surface area contributed by atoms with Crippen LogP contribution in [0, 0.1) is 0 Å². The average molecular weight is 261 g/mol. The van der Waals surface area contributed by atoms with E-state index < -0.39 is 0 Å². The van der Waals surface area contributed by atoms with E-state index in [1.54, 1.807) is 0 Å². The van der Waals surface area contributed by atoms with Gasteiger partial charge in [0.25, 0.3) is 0 Å². The second kappa shape index (κ2) is 6.51. The minimum Gasteiger partial charge on any atom is -0.381 e. The van der Waals surface area contributed by atoms with Crippen molar-refractivity contribution in [1.29, 1.82) is 0 Å². The SMILES string of the molecule is c1ccc(CC2CN(C3CCOCC3)CCO2)cc1. The molecule has 0 aliphatic carbocycles. The van der Waals surface area contributed by atoms with Gasteiger partial charge in [0.2, 0.25) is 0 Å². The minimum absolute atomic E-state index is 0.346. The van der Waals surface area contributed by atoms with Gasteiger partial charge in [-0.15, -0.1) is 0 Å². The number of rotatable bonds is 3. The standard InChI is InChI=1S/C16H23NO2/c1-2-4-14(5-3-1)12-16-13-17(8-11-19-16)15-6-9-18-10-7-15/h1-5,15-16H,6-13H2. The van der Waals surface area contributed by atoms with Gasteiger partial charge in [-0.1, -0.05) is 30.3 Å². The smallest absolute Gasteiger partial charge is 0.0742 e. The van der Waals surface area contributed by atoms with Crippen LogP contribution in [0.15, 0.2) is 30.3 Å². The van der Waals surface area contributed by atoms with Crippen LogP contribution in [0.2, 0.25) is 0 Å². The lowest BCUT2D eigenvalue weighted by Gasteiger charge is -2.39. The number of hydrogen-bond donors (Lipinski definition) is 0. The zero-order valence-electron chi connectivity index (χ0n) is 11.5. The van der Waals surface area contributed by atoms with Crippen LogP contribution in [0.25, 0.3) is 0 Å². The third kappa shape index (κ3) is 3.56. The van der Waals surface area contributed by atoms with Crippen molar-refractivity contribution in [1.82, 2.24) is 4.90 Å². The van der Waals surface area contributed by atoms with Crippen LogP contribution in [0.3, 0.4) is 0 Å². The monoisotopic (exact) mass is 261 g/mol. The Hall–Kier alpha value is -0.900. The second-order valence-electron chi connectivity index (χ2n) is 5.52. The summed E-state index contributed by atoms with van der Waals surface area (Å²) in [6.45, 7) is 4.86. The van der Waals surface area contributed by atoms with E-state index in [0.717, 1.165) is 39.3 Å². The molecule has 0 radical (unpaired) electrons. The summed E-state index contributed by atoms with van der Waals surface area (Å²) in [7, 11) is 0. The molecular formula is C16H23NO2. The van der Waals surface area contributed by atoms with Crippen LogP contribution in [0.4, 0.5) is 0 Å². The predicted octanol–water partition coefficient (Wildman–Crippen LogP) is 2.11. The Morgan fingerprint density at radius 2 is 1.84 bits per heavy atom. The van der Waals surface area contributed by atoms with E-state index >= 15 is 0 Å². The first-order valence-electron chi connectivity index (χ1n) is 7.39. The lowest BCUT2D eigenvalue weighted by molar-refractivity contribution is -0.0610. The van der Waals surface area contributed by atoms with E-state index in [1.807, 2.05) is 0 Å². The maximum atomic E-state index is 5.93. The van der Waals surface area contributed by atoms with Crippen molar-refractivity contribution < 1.29 is 9.47 Å². The summed E-state index contributed by atoms with van der Waals surface area (Å²) in [5, 5.41) is 0. The van der Waals surface area contributed by atoms with Crippen LogP contribution in [0.5, 0.6) is 0 Å². The van der Waals surface area contributed by atoms with Gasteiger partial charge in [0.05, 0.1) is 12.7 Å². The van der Waals surface area contributed by atoms with E-state index in [4.69, 9.17) is 9.47 Å². The summed E-state index contributed by atoms with van der Waals surface area (Å²) in [4.78, 5) is 2.61. The van der Waals surface area contributed by atoms with Crippen molar-refractivity contribution in [3.8, 4) is 0 Å². The van der Waals surface area contributed by atoms with Gasteiger partial charge >= 0.3 is 0 Å². The molecule has 0 spiro atoms. The van der Waals surface area contributed by atoms with Crippen molar-refractivity contribution >= 4 is 0 Å². The molecule has 0 saturated carbocycles. The maximum Gasteiger partial charge on any atom is 0.0742 e. The molecule has 2 fully saturated rings. The molecule has 1 aromatic rings. The topological polar surface area (TPSA) is 21.7 Å². The van der Waals surface area contributed by atoms with Gasteiger partial charge in [0.1, 0.15) is 0 Å². The minimum atomic E-state index is 0.346. The highest BCUT2D eigenvalue weighted by Gasteiger charge is 2.27. The molecule has 1 unspecified atom stereocenters. The first kappa shape index (κ1) is 13.1. The average Bonchev–Trinajstić information content (AvgIpc) is 2.49. The fraction of sp³-hybridized carbons (Fsp3) is 0.625. The molecule has 1 atom stereocenters. The largest absolute Gasteiger partial charge is 0.381 e. The van der Waals surface area contributed by atoms with Gasteiger partial charge in [-0.25, -0.2) is 0 Å². The van der Waals surface area contributed by atoms with Gasteiger partial charge in [-0.2, -0.15) is 0 Å². The van der Waals surface area contributed by atoms with Crippen molar-refractivity contribution in [2.24, 2.45) is 0 Å². The molecule has 3 rings (SSSR count). The molecule has 3 nitrogen and oxygen atoms in total. The maximum absolute atomic E-state index is 5.93. The number of nitrogens with zero attached hydrogens (tertiary/aromatic N) is 1. The Labute approximate surface area is 115 Å². The molecule has 0 bridgehead atoms. The Bertz CT molecular complexity index is 376. The highest BCUT2D eigenvalue weighted by Crippen LogP contribution is 2.19. The van der Waals surface area contributed by atoms with Crippen molar-refractivity contribution in [3.63, 3.8) is 0 Å². The molecule has 104 valence electrons. The molecule has 0 aromatic heterocycles. The van der Waals surface area contributed by atoms with Gasteiger partial charge in [0.15, 0.2) is 0 Å². The van der Waals surface area contributed by atoms with Crippen LogP contribution < -0.4 is 0 Å². The number of benzene rings is 1. The van der Waals surface area contributed by atoms with Crippen LogP contribution in [-0.4, -0.2) is 50.0 Å². The van der Waals surface area contributed by atoms with Gasteiger partial charge in [-0.05, 0) is 24.8 Å². The predicted molar refractivity (Wildman–Crippen MR) is 75.3 cm³/mol. The fourth-order valence-corrected chi connectivity index (χ4v) is 3.12. The van der Waals surface area contributed by atoms with Gasteiger partial charge in [-0.3, -0.25) is 4.90 Å². The van der Waals surface area contributed by atoms with E-state index in [9.17, 15) is 0 Å². The van der Waals surface area contributed by atoms with Crippen molar-refractivity contribution in [2.45, 2.75) is 31.4 Å². The Morgan fingerprint density at radius 1 is 1.05 bits per heavy atom. The third-order valence-corrected chi connectivity index (χ3v) is 4.18. The molecule has 1 aromatic carbocycles. The summed E-state index contributed by atoms with van der Waals surface area (Å²) in [6.07, 6.45) is 3.73. The second-order valence-corrected chi connectivity index (χ2v) is 5.52. The van der Waals surface area contributed by atoms with Crippen LogP contribution in [0.1, 0.15) is 18.4 Å². The van der Waals surface area contributed by atoms with Gasteiger partial charge in [0, 0.05) is 32.3 Å². The molecule has 3 heteroatoms. The first-order chi connectivity index (χ1) is 9.42. The summed E-state index contributed by atoms with van der Waals surface area (Å²) < 4.78 is 11.4. The zero-order chi connectivity index (χ0) is 12.9. The Kier molecular flexibility index (Phi) is 4.49. The van der Waals surface area contributed by atoms with E-state index in [1.165, 1.54) is 18.4 Å². The lowest BCUT2D eigenvalue weighted by atomic mass is 10.0. The molecule has 0 N–H and O–H groups in total. The first-order valence-corrected chi connectivity index (χ1v) is 7.39. The molecule has 2 aliphatic rings. The van der Waals surface area contributed by atoms with Crippen LogP contribution in [-0.2, 0) is 15.9 Å². The number of ether oxygens (including phenoxy) is 2. The third-order valence-electron chi connectivity index (χ3n) is 4.18. The zero-order valence-corrected chi connectivity index (χ0v) is 11.5. The number of hydrogen-bond acceptors (Lipinski definition) is 3. The summed E-state index contributed by atoms with van der Waals surface area (Å²) in [5.41, 5.74) is 1.38. The fourth-order valence-electron chi connectivity index (χ4n) is 3.12. The van der Waals surface area contributed by atoms with E-state index in [2.05, 4.69) is 35.2 Å². The molecule has 2 saturated heterocycles. The van der Waals surface area contributed by atoms with E-state index in [-0.39, 0.29) is 0 Å². The Morgan fingerprint density at radius 3 is 2.63 bits per heavy atom. The van der Waals surface area contributed by atoms with Crippen molar-refractivity contribution in [3.05, 3.63) is 35.9 Å². The highest BCUT2D eigenvalue weighted by molar-refractivity contribution is 5.15. The lowest BCUT2D eigenvalue weighted by Crippen LogP contribution is -2.49. The molecule has 2 heterocycles. The molecule has 0 amide bonds. The highest BCUT2D eigenvalue weighted by atomic mass is 16.5. The summed E-state index contributed by atoms with van der Waals surface area (Å²) >= 11 is 0. The Balaban J connectivity index is 1.55. The summed E-state index contributed by atoms with van der Waals surface area (Å²) in [6, 6.07) is 11.4. The quantitative estimate of drug-likeness (QED) is 0.832. The normalized spacial score (nSPS) is 26.4. The molecular weight excluding hydrogens is 238 g/mol.